The Hall–Kier alpha value is -3.10. The number of rotatable bonds is 9. The Morgan fingerprint density at radius 3 is 2.15 bits per heavy atom. The van der Waals surface area contributed by atoms with Crippen LogP contribution in [-0.2, 0) is 23.9 Å². The molecular formula is C25H39N3O6. The minimum Gasteiger partial charge on any atom is -0.468 e. The van der Waals surface area contributed by atoms with Crippen molar-refractivity contribution in [1.29, 1.82) is 0 Å². The molecule has 0 aliphatic heterocycles. The molecule has 0 saturated carbocycles. The first kappa shape index (κ1) is 28.9. The van der Waals surface area contributed by atoms with Gasteiger partial charge < -0.3 is 25.0 Å². The van der Waals surface area contributed by atoms with Crippen LogP contribution >= 0.6 is 0 Å². The van der Waals surface area contributed by atoms with Gasteiger partial charge in [0.05, 0.1) is 7.11 Å². The molecule has 1 rings (SSSR count). The van der Waals surface area contributed by atoms with Gasteiger partial charge in [-0.2, -0.15) is 0 Å². The molecule has 0 aliphatic carbocycles. The second-order valence-electron chi connectivity index (χ2n) is 9.53. The first-order valence-corrected chi connectivity index (χ1v) is 11.4. The maximum atomic E-state index is 13.7. The van der Waals surface area contributed by atoms with E-state index in [0.717, 1.165) is 11.1 Å². The number of amides is 3. The highest BCUT2D eigenvalue weighted by molar-refractivity contribution is 5.93. The van der Waals surface area contributed by atoms with Gasteiger partial charge in [-0.05, 0) is 64.2 Å². The normalized spacial score (nSPS) is 13.0. The number of methoxy groups -OCH3 is 1. The molecule has 9 heteroatoms. The highest BCUT2D eigenvalue weighted by atomic mass is 16.6. The Morgan fingerprint density at radius 1 is 1.06 bits per heavy atom. The van der Waals surface area contributed by atoms with Crippen LogP contribution in [0.3, 0.4) is 0 Å². The zero-order chi connectivity index (χ0) is 26.2. The third-order valence-electron chi connectivity index (χ3n) is 5.27. The van der Waals surface area contributed by atoms with Crippen molar-refractivity contribution in [2.75, 3.05) is 20.2 Å². The SMILES string of the molecule is CCN(C(=O)C(NC(=O)OC(C)(C)C)C(C)C)C(C(=O)NCC(=O)OC)c1ccc(C)c(C)c1. The molecule has 1 aromatic carbocycles. The molecule has 9 nitrogen and oxygen atoms in total. The van der Waals surface area contributed by atoms with E-state index in [0.29, 0.717) is 5.56 Å². The number of nitrogens with one attached hydrogen (secondary N) is 2. The van der Waals surface area contributed by atoms with Gasteiger partial charge in [0, 0.05) is 6.54 Å². The van der Waals surface area contributed by atoms with Crippen molar-refractivity contribution in [3.8, 4) is 0 Å². The number of aryl methyl sites for hydroxylation is 2. The van der Waals surface area contributed by atoms with E-state index in [4.69, 9.17) is 4.74 Å². The highest BCUT2D eigenvalue weighted by Gasteiger charge is 2.37. The number of hydrogen-bond acceptors (Lipinski definition) is 6. The summed E-state index contributed by atoms with van der Waals surface area (Å²) in [4.78, 5) is 52.3. The van der Waals surface area contributed by atoms with Gasteiger partial charge in [0.25, 0.3) is 0 Å². The summed E-state index contributed by atoms with van der Waals surface area (Å²) in [6, 6.07) is 3.58. The molecule has 190 valence electrons. The van der Waals surface area contributed by atoms with Gasteiger partial charge >= 0.3 is 12.1 Å². The van der Waals surface area contributed by atoms with Crippen molar-refractivity contribution in [1.82, 2.24) is 15.5 Å². The lowest BCUT2D eigenvalue weighted by molar-refractivity contribution is -0.145. The van der Waals surface area contributed by atoms with Crippen molar-refractivity contribution in [2.24, 2.45) is 5.92 Å². The quantitative estimate of drug-likeness (QED) is 0.529. The number of carbonyl (C=O) groups is 4. The molecule has 0 spiro atoms. The molecule has 0 aromatic heterocycles. The Kier molecular flexibility index (Phi) is 10.5. The monoisotopic (exact) mass is 477 g/mol. The van der Waals surface area contributed by atoms with Crippen LogP contribution in [-0.4, -0.2) is 60.6 Å². The minimum atomic E-state index is -1.01. The van der Waals surface area contributed by atoms with E-state index in [1.165, 1.54) is 12.0 Å². The number of alkyl carbamates (subject to hydrolysis) is 1. The lowest BCUT2D eigenvalue weighted by Crippen LogP contribution is -2.55. The third-order valence-corrected chi connectivity index (χ3v) is 5.27. The summed E-state index contributed by atoms with van der Waals surface area (Å²) >= 11 is 0. The van der Waals surface area contributed by atoms with Crippen LogP contribution in [0.1, 0.15) is 64.3 Å². The van der Waals surface area contributed by atoms with E-state index in [1.54, 1.807) is 47.6 Å². The zero-order valence-corrected chi connectivity index (χ0v) is 21.8. The van der Waals surface area contributed by atoms with Crippen molar-refractivity contribution < 1.29 is 28.7 Å². The Balaban J connectivity index is 3.37. The molecule has 2 N–H and O–H groups in total. The average Bonchev–Trinajstić information content (AvgIpc) is 2.73. The summed E-state index contributed by atoms with van der Waals surface area (Å²) < 4.78 is 9.94. The van der Waals surface area contributed by atoms with Crippen LogP contribution in [0.5, 0.6) is 0 Å². The summed E-state index contributed by atoms with van der Waals surface area (Å²) in [6.07, 6.45) is -0.714. The van der Waals surface area contributed by atoms with Crippen molar-refractivity contribution in [3.63, 3.8) is 0 Å². The maximum absolute atomic E-state index is 13.7. The van der Waals surface area contributed by atoms with Gasteiger partial charge in [0.15, 0.2) is 0 Å². The van der Waals surface area contributed by atoms with Crippen LogP contribution in [0.15, 0.2) is 18.2 Å². The molecule has 2 atom stereocenters. The van der Waals surface area contributed by atoms with E-state index in [2.05, 4.69) is 15.4 Å². The summed E-state index contributed by atoms with van der Waals surface area (Å²) in [5, 5.41) is 5.21. The predicted molar refractivity (Wildman–Crippen MR) is 129 cm³/mol. The molecule has 0 aliphatic rings. The molecule has 2 unspecified atom stereocenters. The predicted octanol–water partition coefficient (Wildman–Crippen LogP) is 3.03. The van der Waals surface area contributed by atoms with E-state index in [-0.39, 0.29) is 19.0 Å². The highest BCUT2D eigenvalue weighted by Crippen LogP contribution is 2.25. The van der Waals surface area contributed by atoms with Crippen molar-refractivity contribution in [3.05, 3.63) is 34.9 Å². The summed E-state index contributed by atoms with van der Waals surface area (Å²) in [5.41, 5.74) is 1.87. The fraction of sp³-hybridized carbons (Fsp3) is 0.600. The fourth-order valence-electron chi connectivity index (χ4n) is 3.33. The van der Waals surface area contributed by atoms with Crippen molar-refractivity contribution in [2.45, 2.75) is 73.1 Å². The molecule has 0 bridgehead atoms. The maximum Gasteiger partial charge on any atom is 0.408 e. The molecule has 0 heterocycles. The molecule has 0 saturated heterocycles. The molecule has 1 aromatic rings. The summed E-state index contributed by atoms with van der Waals surface area (Å²) in [6.45, 7) is 14.3. The molecular weight excluding hydrogens is 438 g/mol. The summed E-state index contributed by atoms with van der Waals surface area (Å²) in [7, 11) is 1.23. The van der Waals surface area contributed by atoms with Crippen molar-refractivity contribution >= 4 is 23.9 Å². The number of hydrogen-bond donors (Lipinski definition) is 2. The van der Waals surface area contributed by atoms with E-state index in [1.807, 2.05) is 26.0 Å². The molecule has 3 amide bonds. The van der Waals surface area contributed by atoms with E-state index in [9.17, 15) is 19.2 Å². The van der Waals surface area contributed by atoms with Crippen LogP contribution < -0.4 is 10.6 Å². The standard InChI is InChI=1S/C25H39N3O6/c1-10-28(23(31)20(15(2)3)27-24(32)34-25(6,7)8)21(22(30)26-14-19(29)33-9)18-12-11-16(4)17(5)13-18/h11-13,15,20-21H,10,14H2,1-9H3,(H,26,30)(H,27,32). The smallest absolute Gasteiger partial charge is 0.408 e. The fourth-order valence-corrected chi connectivity index (χ4v) is 3.33. The number of esters is 1. The van der Waals surface area contributed by atoms with Gasteiger partial charge in [0.1, 0.15) is 24.2 Å². The van der Waals surface area contributed by atoms with Gasteiger partial charge in [-0.3, -0.25) is 14.4 Å². The molecule has 34 heavy (non-hydrogen) atoms. The number of nitrogens with zero attached hydrogens (tertiary/aromatic N) is 1. The van der Waals surface area contributed by atoms with Gasteiger partial charge in [-0.25, -0.2) is 4.79 Å². The van der Waals surface area contributed by atoms with Crippen LogP contribution in [0, 0.1) is 19.8 Å². The number of benzene rings is 1. The topological polar surface area (TPSA) is 114 Å². The largest absolute Gasteiger partial charge is 0.468 e. The average molecular weight is 478 g/mol. The zero-order valence-electron chi connectivity index (χ0n) is 21.8. The van der Waals surface area contributed by atoms with Crippen LogP contribution in [0.2, 0.25) is 0 Å². The first-order valence-electron chi connectivity index (χ1n) is 11.4. The number of likely N-dealkylation sites (N-methyl/N-ethyl adjacent to an activating group) is 1. The molecule has 0 fully saturated rings. The lowest BCUT2D eigenvalue weighted by atomic mass is 9.96. The summed E-state index contributed by atoms with van der Waals surface area (Å²) in [5.74, 6) is -1.83. The Morgan fingerprint density at radius 2 is 1.68 bits per heavy atom. The minimum absolute atomic E-state index is 0.196. The lowest BCUT2D eigenvalue weighted by Gasteiger charge is -2.35. The van der Waals surface area contributed by atoms with Gasteiger partial charge in [-0.15, -0.1) is 0 Å². The Labute approximate surface area is 202 Å². The molecule has 0 radical (unpaired) electrons. The number of ether oxygens (including phenoxy) is 2. The van der Waals surface area contributed by atoms with E-state index < -0.39 is 41.6 Å². The Bertz CT molecular complexity index is 891. The second kappa shape index (κ2) is 12.4. The number of carbonyl (C=O) groups excluding carboxylic acids is 4. The first-order chi connectivity index (χ1) is 15.7. The van der Waals surface area contributed by atoms with Gasteiger partial charge in [-0.1, -0.05) is 32.0 Å². The third kappa shape index (κ3) is 8.35. The van der Waals surface area contributed by atoms with Gasteiger partial charge in [0.2, 0.25) is 11.8 Å². The second-order valence-corrected chi connectivity index (χ2v) is 9.53. The van der Waals surface area contributed by atoms with E-state index >= 15 is 0 Å². The van der Waals surface area contributed by atoms with Crippen LogP contribution in [0.25, 0.3) is 0 Å². The van der Waals surface area contributed by atoms with Crippen LogP contribution in [0.4, 0.5) is 4.79 Å².